The Morgan fingerprint density at radius 2 is 1.58 bits per heavy atom. The molecule has 0 aliphatic rings. The number of nitrogens with zero attached hydrogens (tertiary/aromatic N) is 2. The Morgan fingerprint density at radius 1 is 0.923 bits per heavy atom. The van der Waals surface area contributed by atoms with Crippen LogP contribution in [0.5, 0.6) is 5.75 Å². The Morgan fingerprint density at radius 3 is 2.19 bits per heavy atom. The highest BCUT2D eigenvalue weighted by Crippen LogP contribution is 2.30. The lowest BCUT2D eigenvalue weighted by Gasteiger charge is -2.20. The maximum Gasteiger partial charge on any atom is 0.433 e. The van der Waals surface area contributed by atoms with Crippen LogP contribution < -0.4 is 10.1 Å². The summed E-state index contributed by atoms with van der Waals surface area (Å²) in [5.41, 5.74) is 0.730. The summed E-state index contributed by atoms with van der Waals surface area (Å²) in [6, 6.07) is 17.1. The van der Waals surface area contributed by atoms with Gasteiger partial charge in [0.1, 0.15) is 11.4 Å². The van der Waals surface area contributed by atoms with Gasteiger partial charge in [0.15, 0.2) is 0 Å². The van der Waals surface area contributed by atoms with Crippen LogP contribution in [0.2, 0.25) is 0 Å². The lowest BCUT2D eigenvalue weighted by atomic mass is 9.99. The molecule has 26 heavy (non-hydrogen) atoms. The summed E-state index contributed by atoms with van der Waals surface area (Å²) in [6.45, 7) is 0. The molecule has 0 amide bonds. The Bertz CT molecular complexity index is 852. The topological polar surface area (TPSA) is 47.0 Å². The Kier molecular flexibility index (Phi) is 5.06. The summed E-state index contributed by atoms with van der Waals surface area (Å²) in [7, 11) is 1.57. The molecule has 134 valence electrons. The highest BCUT2D eigenvalue weighted by atomic mass is 19.4. The van der Waals surface area contributed by atoms with Gasteiger partial charge in [-0.15, -0.1) is 0 Å². The van der Waals surface area contributed by atoms with Gasteiger partial charge in [0.05, 0.1) is 13.2 Å². The van der Waals surface area contributed by atoms with Crippen molar-refractivity contribution in [2.45, 2.75) is 12.2 Å². The summed E-state index contributed by atoms with van der Waals surface area (Å²) >= 11 is 0. The molecule has 0 aliphatic carbocycles. The molecule has 7 heteroatoms. The van der Waals surface area contributed by atoms with E-state index in [1.165, 1.54) is 0 Å². The third-order valence-electron chi connectivity index (χ3n) is 3.80. The molecule has 0 unspecified atom stereocenters. The van der Waals surface area contributed by atoms with Crippen molar-refractivity contribution in [3.63, 3.8) is 0 Å². The normalized spacial score (nSPS) is 12.5. The third-order valence-corrected chi connectivity index (χ3v) is 3.80. The minimum absolute atomic E-state index is 0.0931. The number of ether oxygens (including phenoxy) is 1. The first-order chi connectivity index (χ1) is 12.5. The molecule has 4 nitrogen and oxygen atoms in total. The zero-order chi connectivity index (χ0) is 18.6. The molecule has 0 saturated heterocycles. The van der Waals surface area contributed by atoms with E-state index in [9.17, 15) is 13.2 Å². The van der Waals surface area contributed by atoms with Gasteiger partial charge in [0.2, 0.25) is 5.95 Å². The number of anilines is 1. The Balaban J connectivity index is 1.96. The van der Waals surface area contributed by atoms with Gasteiger partial charge in [-0.2, -0.15) is 13.2 Å². The van der Waals surface area contributed by atoms with Crippen LogP contribution in [-0.2, 0) is 6.18 Å². The highest BCUT2D eigenvalue weighted by Gasteiger charge is 2.33. The lowest BCUT2D eigenvalue weighted by Crippen LogP contribution is -2.16. The van der Waals surface area contributed by atoms with Crippen molar-refractivity contribution in [1.82, 2.24) is 9.97 Å². The molecule has 1 N–H and O–H groups in total. The van der Waals surface area contributed by atoms with E-state index in [2.05, 4.69) is 15.3 Å². The number of benzene rings is 2. The van der Waals surface area contributed by atoms with Crippen molar-refractivity contribution < 1.29 is 17.9 Å². The van der Waals surface area contributed by atoms with Crippen LogP contribution in [0.25, 0.3) is 0 Å². The number of alkyl halides is 3. The highest BCUT2D eigenvalue weighted by molar-refractivity contribution is 5.42. The van der Waals surface area contributed by atoms with E-state index < -0.39 is 17.9 Å². The SMILES string of the molecule is COc1ccc([C@@H](Nc2nccc(C(F)(F)F)n2)c2ccccc2)cc1. The minimum atomic E-state index is -4.53. The zero-order valence-electron chi connectivity index (χ0n) is 13.9. The predicted octanol–water partition coefficient (Wildman–Crippen LogP) is 4.71. The minimum Gasteiger partial charge on any atom is -0.497 e. The van der Waals surface area contributed by atoms with Gasteiger partial charge in [-0.05, 0) is 29.3 Å². The lowest BCUT2D eigenvalue weighted by molar-refractivity contribution is -0.141. The predicted molar refractivity (Wildman–Crippen MR) is 91.9 cm³/mol. The molecule has 0 aliphatic heterocycles. The largest absolute Gasteiger partial charge is 0.497 e. The average Bonchev–Trinajstić information content (AvgIpc) is 2.66. The second kappa shape index (κ2) is 7.43. The van der Waals surface area contributed by atoms with E-state index in [0.717, 1.165) is 23.4 Å². The molecule has 0 bridgehead atoms. The van der Waals surface area contributed by atoms with Crippen LogP contribution in [-0.4, -0.2) is 17.1 Å². The molecular weight excluding hydrogens is 343 g/mol. The summed E-state index contributed by atoms with van der Waals surface area (Å²) < 4.78 is 43.9. The molecule has 1 aromatic heterocycles. The van der Waals surface area contributed by atoms with Gasteiger partial charge in [-0.25, -0.2) is 9.97 Å². The molecule has 0 fully saturated rings. The Labute approximate surface area is 148 Å². The van der Waals surface area contributed by atoms with Crippen molar-refractivity contribution in [2.75, 3.05) is 12.4 Å². The van der Waals surface area contributed by atoms with Crippen LogP contribution in [0.1, 0.15) is 22.9 Å². The van der Waals surface area contributed by atoms with Crippen molar-refractivity contribution in [1.29, 1.82) is 0 Å². The van der Waals surface area contributed by atoms with E-state index in [1.807, 2.05) is 42.5 Å². The molecule has 3 aromatic rings. The quantitative estimate of drug-likeness (QED) is 0.717. The van der Waals surface area contributed by atoms with Crippen LogP contribution in [0, 0.1) is 0 Å². The van der Waals surface area contributed by atoms with Crippen LogP contribution in [0.3, 0.4) is 0 Å². The van der Waals surface area contributed by atoms with Crippen LogP contribution >= 0.6 is 0 Å². The van der Waals surface area contributed by atoms with Crippen molar-refractivity contribution in [3.8, 4) is 5.75 Å². The first-order valence-electron chi connectivity index (χ1n) is 7.83. The summed E-state index contributed by atoms with van der Waals surface area (Å²) in [6.07, 6.45) is -3.43. The molecule has 1 heterocycles. The number of hydrogen-bond acceptors (Lipinski definition) is 4. The molecule has 3 rings (SSSR count). The van der Waals surface area contributed by atoms with E-state index >= 15 is 0 Å². The fourth-order valence-electron chi connectivity index (χ4n) is 2.52. The van der Waals surface area contributed by atoms with Crippen LogP contribution in [0.15, 0.2) is 66.9 Å². The second-order valence-electron chi connectivity index (χ2n) is 5.52. The van der Waals surface area contributed by atoms with Crippen molar-refractivity contribution >= 4 is 5.95 Å². The number of rotatable bonds is 5. The molecule has 2 aromatic carbocycles. The molecule has 1 atom stereocenters. The van der Waals surface area contributed by atoms with Gasteiger partial charge in [0, 0.05) is 6.20 Å². The summed E-state index contributed by atoms with van der Waals surface area (Å²) in [5, 5.41) is 3.00. The molecule has 0 spiro atoms. The van der Waals surface area contributed by atoms with Gasteiger partial charge < -0.3 is 10.1 Å². The standard InChI is InChI=1S/C19H16F3N3O/c1-26-15-9-7-14(8-10-15)17(13-5-3-2-4-6-13)25-18-23-12-11-16(24-18)19(20,21)22/h2-12,17H,1H3,(H,23,24,25)/t17-/m0/s1. The first-order valence-corrected chi connectivity index (χ1v) is 7.83. The van der Waals surface area contributed by atoms with Gasteiger partial charge in [0.25, 0.3) is 0 Å². The fourth-order valence-corrected chi connectivity index (χ4v) is 2.52. The van der Waals surface area contributed by atoms with Crippen LogP contribution in [0.4, 0.5) is 19.1 Å². The van der Waals surface area contributed by atoms with Gasteiger partial charge >= 0.3 is 6.18 Å². The summed E-state index contributed by atoms with van der Waals surface area (Å²) in [4.78, 5) is 7.53. The second-order valence-corrected chi connectivity index (χ2v) is 5.52. The average molecular weight is 359 g/mol. The Hall–Kier alpha value is -3.09. The fraction of sp³-hybridized carbons (Fsp3) is 0.158. The maximum atomic E-state index is 12.9. The maximum absolute atomic E-state index is 12.9. The smallest absolute Gasteiger partial charge is 0.433 e. The van der Waals surface area contributed by atoms with E-state index in [4.69, 9.17) is 4.74 Å². The number of methoxy groups -OCH3 is 1. The zero-order valence-corrected chi connectivity index (χ0v) is 13.9. The van der Waals surface area contributed by atoms with E-state index in [0.29, 0.717) is 5.75 Å². The first kappa shape index (κ1) is 17.7. The van der Waals surface area contributed by atoms with Crippen molar-refractivity contribution in [2.24, 2.45) is 0 Å². The monoisotopic (exact) mass is 359 g/mol. The van der Waals surface area contributed by atoms with Crippen molar-refractivity contribution in [3.05, 3.63) is 83.7 Å². The number of aromatic nitrogens is 2. The van der Waals surface area contributed by atoms with Gasteiger partial charge in [-0.1, -0.05) is 42.5 Å². The van der Waals surface area contributed by atoms with E-state index in [1.54, 1.807) is 19.2 Å². The molecule has 0 radical (unpaired) electrons. The number of nitrogens with one attached hydrogen (secondary N) is 1. The van der Waals surface area contributed by atoms with E-state index in [-0.39, 0.29) is 5.95 Å². The summed E-state index contributed by atoms with van der Waals surface area (Å²) in [5.74, 6) is 0.598. The molecule has 0 saturated carbocycles. The molecular formula is C19H16F3N3O. The third kappa shape index (κ3) is 4.11. The van der Waals surface area contributed by atoms with Gasteiger partial charge in [-0.3, -0.25) is 0 Å². The number of halogens is 3. The number of hydrogen-bond donors (Lipinski definition) is 1.